The third-order valence-corrected chi connectivity index (χ3v) is 7.38. The molecule has 0 unspecified atom stereocenters. The van der Waals surface area contributed by atoms with Gasteiger partial charge in [-0.2, -0.15) is 0 Å². The van der Waals surface area contributed by atoms with Gasteiger partial charge in [0.15, 0.2) is 0 Å². The number of piperidine rings is 1. The molecule has 1 saturated heterocycles. The van der Waals surface area contributed by atoms with Crippen LogP contribution in [0.15, 0.2) is 42.5 Å². The number of fused-ring (bicyclic) bond motifs is 1. The van der Waals surface area contributed by atoms with Gasteiger partial charge >= 0.3 is 0 Å². The van der Waals surface area contributed by atoms with Crippen LogP contribution in [0, 0.1) is 5.92 Å². The van der Waals surface area contributed by atoms with E-state index in [4.69, 9.17) is 23.7 Å². The highest BCUT2D eigenvalue weighted by atomic mass is 16.5. The minimum atomic E-state index is -0.515. The highest BCUT2D eigenvalue weighted by molar-refractivity contribution is 5.61. The Morgan fingerprint density at radius 1 is 1.05 bits per heavy atom. The first-order valence-electron chi connectivity index (χ1n) is 14.3. The quantitative estimate of drug-likeness (QED) is 0.330. The molecular weight excluding hydrogens is 496 g/mol. The number of benzene rings is 2. The molecule has 0 bridgehead atoms. The summed E-state index contributed by atoms with van der Waals surface area (Å²) in [4.78, 5) is 2.36. The van der Waals surface area contributed by atoms with Crippen LogP contribution < -0.4 is 15.0 Å². The van der Waals surface area contributed by atoms with Gasteiger partial charge in [-0.05, 0) is 42.2 Å². The van der Waals surface area contributed by atoms with Crippen LogP contribution in [0.1, 0.15) is 42.9 Å². The topological polar surface area (TPSA) is 81.7 Å². The smallest absolute Gasteiger partial charge is 0.142 e. The fraction of sp³-hybridized carbons (Fsp3) is 0.613. The first-order chi connectivity index (χ1) is 19.1. The largest absolute Gasteiger partial charge is 0.490 e. The zero-order chi connectivity index (χ0) is 27.5. The van der Waals surface area contributed by atoms with Gasteiger partial charge in [0.05, 0.1) is 50.9 Å². The van der Waals surface area contributed by atoms with E-state index >= 15 is 0 Å². The van der Waals surface area contributed by atoms with E-state index in [1.807, 2.05) is 13.0 Å². The fourth-order valence-electron chi connectivity index (χ4n) is 5.30. The minimum absolute atomic E-state index is 0.0982. The number of anilines is 1. The monoisotopic (exact) mass is 542 g/mol. The third-order valence-electron chi connectivity index (χ3n) is 7.38. The maximum Gasteiger partial charge on any atom is 0.142 e. The summed E-state index contributed by atoms with van der Waals surface area (Å²) in [5.41, 5.74) is 4.42. The van der Waals surface area contributed by atoms with Gasteiger partial charge in [-0.15, -0.1) is 0 Å². The number of aliphatic hydroxyl groups is 1. The van der Waals surface area contributed by atoms with Crippen molar-refractivity contribution in [3.8, 4) is 5.75 Å². The van der Waals surface area contributed by atoms with Gasteiger partial charge < -0.3 is 39.0 Å². The molecule has 2 N–H and O–H groups in total. The summed E-state index contributed by atoms with van der Waals surface area (Å²) in [7, 11) is 1.74. The normalized spacial score (nSPS) is 21.8. The number of aliphatic hydroxyl groups excluding tert-OH is 1. The van der Waals surface area contributed by atoms with Gasteiger partial charge in [-0.25, -0.2) is 0 Å². The highest BCUT2D eigenvalue weighted by Gasteiger charge is 2.34. The fourth-order valence-corrected chi connectivity index (χ4v) is 5.30. The number of methoxy groups -OCH3 is 1. The number of hydrogen-bond acceptors (Lipinski definition) is 8. The van der Waals surface area contributed by atoms with Crippen molar-refractivity contribution in [1.29, 1.82) is 0 Å². The van der Waals surface area contributed by atoms with E-state index < -0.39 is 6.10 Å². The molecule has 0 aromatic heterocycles. The summed E-state index contributed by atoms with van der Waals surface area (Å²) in [6, 6.07) is 14.7. The van der Waals surface area contributed by atoms with Gasteiger partial charge in [0.2, 0.25) is 0 Å². The van der Waals surface area contributed by atoms with Crippen LogP contribution in [0.2, 0.25) is 0 Å². The molecule has 8 nitrogen and oxygen atoms in total. The number of rotatable bonds is 15. The van der Waals surface area contributed by atoms with Crippen molar-refractivity contribution >= 4 is 5.69 Å². The minimum Gasteiger partial charge on any atom is -0.490 e. The Labute approximate surface area is 233 Å². The average molecular weight is 543 g/mol. The molecule has 8 heteroatoms. The van der Waals surface area contributed by atoms with E-state index in [0.29, 0.717) is 45.4 Å². The van der Waals surface area contributed by atoms with Crippen molar-refractivity contribution in [3.05, 3.63) is 59.2 Å². The van der Waals surface area contributed by atoms with Crippen molar-refractivity contribution in [2.24, 2.45) is 5.92 Å². The Morgan fingerprint density at radius 2 is 1.85 bits per heavy atom. The van der Waals surface area contributed by atoms with Crippen molar-refractivity contribution in [2.75, 3.05) is 71.2 Å². The van der Waals surface area contributed by atoms with Crippen molar-refractivity contribution < 1.29 is 28.8 Å². The lowest BCUT2D eigenvalue weighted by atomic mass is 9.85. The molecule has 0 amide bonds. The van der Waals surface area contributed by atoms with E-state index in [1.54, 1.807) is 7.11 Å². The molecule has 0 spiro atoms. The Balaban J connectivity index is 1.35. The van der Waals surface area contributed by atoms with Crippen LogP contribution in [-0.4, -0.2) is 83.6 Å². The zero-order valence-electron chi connectivity index (χ0n) is 23.8. The molecular formula is C31H46N2O6. The van der Waals surface area contributed by atoms with Crippen LogP contribution >= 0.6 is 0 Å². The summed E-state index contributed by atoms with van der Waals surface area (Å²) in [6.45, 7) is 11.8. The van der Waals surface area contributed by atoms with E-state index in [9.17, 15) is 5.11 Å². The van der Waals surface area contributed by atoms with Crippen LogP contribution in [0.3, 0.4) is 0 Å². The SMILES string of the molecule is CCOC[C@H](C)COCc1ccc([C@H]2[C@H](O)CNC[C@@H]2OCc2ccc3c(c2)N(CCCOC)CCO3)cc1. The first kappa shape index (κ1) is 29.8. The number of nitrogens with one attached hydrogen (secondary N) is 1. The molecule has 0 saturated carbocycles. The molecule has 2 aliphatic heterocycles. The molecule has 4 rings (SSSR count). The molecule has 4 atom stereocenters. The van der Waals surface area contributed by atoms with E-state index in [0.717, 1.165) is 67.5 Å². The third kappa shape index (κ3) is 8.64. The van der Waals surface area contributed by atoms with Gasteiger partial charge in [0.1, 0.15) is 12.4 Å². The second-order valence-corrected chi connectivity index (χ2v) is 10.6. The summed E-state index contributed by atoms with van der Waals surface area (Å²) in [6.07, 6.45) is 0.320. The Morgan fingerprint density at radius 3 is 2.64 bits per heavy atom. The zero-order valence-corrected chi connectivity index (χ0v) is 23.8. The van der Waals surface area contributed by atoms with Gasteiger partial charge in [0, 0.05) is 51.8 Å². The maximum absolute atomic E-state index is 10.9. The van der Waals surface area contributed by atoms with Gasteiger partial charge in [-0.1, -0.05) is 37.3 Å². The van der Waals surface area contributed by atoms with Crippen molar-refractivity contribution in [2.45, 2.75) is 51.6 Å². The maximum atomic E-state index is 10.9. The van der Waals surface area contributed by atoms with E-state index in [1.165, 1.54) is 0 Å². The standard InChI is InChI=1S/C31H46N2O6/c1-4-36-19-23(2)20-37-21-24-6-9-26(10-7-24)31-28(34)17-32-18-30(31)39-22-25-8-11-29-27(16-25)33(13-15-38-29)12-5-14-35-3/h6-11,16,23,28,30-32,34H,4-5,12-15,17-22H2,1-3H3/t23-,28+,30-,31-/m0/s1. The van der Waals surface area contributed by atoms with Crippen LogP contribution in [0.4, 0.5) is 5.69 Å². The van der Waals surface area contributed by atoms with Crippen molar-refractivity contribution in [3.63, 3.8) is 0 Å². The summed E-state index contributed by atoms with van der Waals surface area (Å²) < 4.78 is 28.9. The molecule has 2 aromatic carbocycles. The Bertz CT molecular complexity index is 988. The van der Waals surface area contributed by atoms with Crippen LogP contribution in [-0.2, 0) is 32.2 Å². The molecule has 0 aliphatic carbocycles. The first-order valence-corrected chi connectivity index (χ1v) is 14.3. The molecule has 0 radical (unpaired) electrons. The lowest BCUT2D eigenvalue weighted by Gasteiger charge is -2.36. The predicted octanol–water partition coefficient (Wildman–Crippen LogP) is 3.74. The predicted molar refractivity (Wildman–Crippen MR) is 153 cm³/mol. The number of ether oxygens (including phenoxy) is 5. The summed E-state index contributed by atoms with van der Waals surface area (Å²) in [5.74, 6) is 1.19. The van der Waals surface area contributed by atoms with Crippen molar-refractivity contribution in [1.82, 2.24) is 5.32 Å². The molecule has 2 aromatic rings. The van der Waals surface area contributed by atoms with Crippen LogP contribution in [0.5, 0.6) is 5.75 Å². The van der Waals surface area contributed by atoms with Crippen LogP contribution in [0.25, 0.3) is 0 Å². The van der Waals surface area contributed by atoms with E-state index in [-0.39, 0.29) is 12.0 Å². The second kappa shape index (κ2) is 15.6. The van der Waals surface area contributed by atoms with Gasteiger partial charge in [0.25, 0.3) is 0 Å². The lowest BCUT2D eigenvalue weighted by Crippen LogP contribution is -2.49. The average Bonchev–Trinajstić information content (AvgIpc) is 2.96. The molecule has 2 aliphatic rings. The molecule has 1 fully saturated rings. The second-order valence-electron chi connectivity index (χ2n) is 10.6. The highest BCUT2D eigenvalue weighted by Crippen LogP contribution is 2.34. The molecule has 216 valence electrons. The Kier molecular flexibility index (Phi) is 11.9. The number of β-amino-alcohol motifs (C(OH)–C–C–N with tert-alkyl or cyclic N) is 1. The van der Waals surface area contributed by atoms with E-state index in [2.05, 4.69) is 53.5 Å². The summed E-state index contributed by atoms with van der Waals surface area (Å²) in [5, 5.41) is 14.2. The molecule has 39 heavy (non-hydrogen) atoms. The Hall–Kier alpha value is -2.20. The number of hydrogen-bond donors (Lipinski definition) is 2. The lowest BCUT2D eigenvalue weighted by molar-refractivity contribution is -0.0328. The molecule has 2 heterocycles. The summed E-state index contributed by atoms with van der Waals surface area (Å²) >= 11 is 0. The number of nitrogens with zero attached hydrogens (tertiary/aromatic N) is 1. The van der Waals surface area contributed by atoms with Gasteiger partial charge in [-0.3, -0.25) is 0 Å².